The summed E-state index contributed by atoms with van der Waals surface area (Å²) in [6, 6.07) is 14.2. The summed E-state index contributed by atoms with van der Waals surface area (Å²) in [6.45, 7) is 0.489. The number of fused-ring (bicyclic) bond motifs is 1. The second-order valence-electron chi connectivity index (χ2n) is 4.09. The van der Waals surface area contributed by atoms with Gasteiger partial charge >= 0.3 is 0 Å². The molecule has 4 heteroatoms. The molecule has 0 aliphatic carbocycles. The van der Waals surface area contributed by atoms with Crippen LogP contribution >= 0.6 is 15.9 Å². The van der Waals surface area contributed by atoms with E-state index in [0.717, 1.165) is 26.6 Å². The van der Waals surface area contributed by atoms with Gasteiger partial charge in [-0.2, -0.15) is 5.10 Å². The van der Waals surface area contributed by atoms with Crippen LogP contribution in [0.3, 0.4) is 0 Å². The zero-order valence-electron chi connectivity index (χ0n) is 9.68. The van der Waals surface area contributed by atoms with Crippen LogP contribution in [0.15, 0.2) is 53.1 Å². The van der Waals surface area contributed by atoms with Gasteiger partial charge in [-0.25, -0.2) is 4.68 Å². The van der Waals surface area contributed by atoms with Crippen molar-refractivity contribution in [1.82, 2.24) is 9.78 Å². The van der Waals surface area contributed by atoms with Crippen molar-refractivity contribution in [2.75, 3.05) is 0 Å². The van der Waals surface area contributed by atoms with Crippen molar-refractivity contribution in [1.29, 1.82) is 0 Å². The van der Waals surface area contributed by atoms with Gasteiger partial charge in [-0.15, -0.1) is 0 Å². The van der Waals surface area contributed by atoms with E-state index in [1.807, 2.05) is 41.2 Å². The van der Waals surface area contributed by atoms with Crippen molar-refractivity contribution in [2.24, 2.45) is 5.73 Å². The first-order valence-electron chi connectivity index (χ1n) is 5.71. The highest BCUT2D eigenvalue weighted by Gasteiger charge is 2.08. The van der Waals surface area contributed by atoms with Crippen LogP contribution in [0.25, 0.3) is 16.6 Å². The second-order valence-corrected chi connectivity index (χ2v) is 5.01. The summed E-state index contributed by atoms with van der Waals surface area (Å²) in [7, 11) is 0. The molecule has 90 valence electrons. The molecule has 0 saturated carbocycles. The third kappa shape index (κ3) is 1.83. The lowest BCUT2D eigenvalue weighted by Gasteiger charge is -2.09. The summed E-state index contributed by atoms with van der Waals surface area (Å²) in [6.07, 6.45) is 1.87. The molecular weight excluding hydrogens is 290 g/mol. The standard InChI is InChI=1S/C14H12BrN3/c15-12-5-6-14(11(7-12)8-16)18-13-4-2-1-3-10(13)9-17-18/h1-7,9H,8,16H2. The monoisotopic (exact) mass is 301 g/mol. The average molecular weight is 302 g/mol. The Morgan fingerprint density at radius 1 is 1.17 bits per heavy atom. The molecular formula is C14H12BrN3. The van der Waals surface area contributed by atoms with Gasteiger partial charge in [0, 0.05) is 16.4 Å². The van der Waals surface area contributed by atoms with E-state index in [1.165, 1.54) is 0 Å². The number of hydrogen-bond acceptors (Lipinski definition) is 2. The molecule has 0 amide bonds. The Labute approximate surface area is 113 Å². The van der Waals surface area contributed by atoms with E-state index in [4.69, 9.17) is 5.73 Å². The molecule has 2 aromatic carbocycles. The van der Waals surface area contributed by atoms with Gasteiger partial charge < -0.3 is 5.73 Å². The molecule has 0 atom stereocenters. The van der Waals surface area contributed by atoms with Crippen molar-refractivity contribution in [3.8, 4) is 5.69 Å². The van der Waals surface area contributed by atoms with Crippen LogP contribution in [0.5, 0.6) is 0 Å². The Balaban J connectivity index is 2.26. The van der Waals surface area contributed by atoms with Crippen LogP contribution in [0.1, 0.15) is 5.56 Å². The lowest BCUT2D eigenvalue weighted by atomic mass is 10.1. The smallest absolute Gasteiger partial charge is 0.0741 e. The molecule has 0 unspecified atom stereocenters. The summed E-state index contributed by atoms with van der Waals surface area (Å²) in [5, 5.41) is 5.58. The Hall–Kier alpha value is -1.65. The predicted octanol–water partition coefficient (Wildman–Crippen LogP) is 3.25. The normalized spacial score (nSPS) is 11.0. The van der Waals surface area contributed by atoms with Gasteiger partial charge in [-0.3, -0.25) is 0 Å². The number of para-hydroxylation sites is 1. The fourth-order valence-corrected chi connectivity index (χ4v) is 2.50. The first-order valence-corrected chi connectivity index (χ1v) is 6.50. The van der Waals surface area contributed by atoms with Crippen molar-refractivity contribution in [3.63, 3.8) is 0 Å². The minimum Gasteiger partial charge on any atom is -0.326 e. The van der Waals surface area contributed by atoms with Crippen LogP contribution in [0.4, 0.5) is 0 Å². The summed E-state index contributed by atoms with van der Waals surface area (Å²) in [4.78, 5) is 0. The number of hydrogen-bond donors (Lipinski definition) is 1. The van der Waals surface area contributed by atoms with Gasteiger partial charge in [0.25, 0.3) is 0 Å². The SMILES string of the molecule is NCc1cc(Br)ccc1-n1ncc2ccccc21. The highest BCUT2D eigenvalue weighted by molar-refractivity contribution is 9.10. The molecule has 0 radical (unpaired) electrons. The molecule has 2 N–H and O–H groups in total. The van der Waals surface area contributed by atoms with E-state index in [1.54, 1.807) is 0 Å². The number of halogens is 1. The van der Waals surface area contributed by atoms with Crippen LogP contribution in [0, 0.1) is 0 Å². The molecule has 0 saturated heterocycles. The van der Waals surface area contributed by atoms with Crippen LogP contribution in [0.2, 0.25) is 0 Å². The first-order chi connectivity index (χ1) is 8.79. The highest BCUT2D eigenvalue weighted by Crippen LogP contribution is 2.23. The fraction of sp³-hybridized carbons (Fsp3) is 0.0714. The molecule has 1 aromatic heterocycles. The molecule has 0 aliphatic rings. The molecule has 3 nitrogen and oxygen atoms in total. The lowest BCUT2D eigenvalue weighted by molar-refractivity contribution is 0.884. The van der Waals surface area contributed by atoms with Crippen molar-refractivity contribution in [2.45, 2.75) is 6.54 Å². The molecule has 3 rings (SSSR count). The maximum Gasteiger partial charge on any atom is 0.0741 e. The number of nitrogens with zero attached hydrogens (tertiary/aromatic N) is 2. The largest absolute Gasteiger partial charge is 0.326 e. The average Bonchev–Trinajstić information content (AvgIpc) is 2.82. The van der Waals surface area contributed by atoms with Crippen molar-refractivity contribution in [3.05, 3.63) is 58.7 Å². The zero-order valence-corrected chi connectivity index (χ0v) is 11.3. The topological polar surface area (TPSA) is 43.8 Å². The molecule has 18 heavy (non-hydrogen) atoms. The van der Waals surface area contributed by atoms with Crippen molar-refractivity contribution >= 4 is 26.8 Å². The molecule has 0 fully saturated rings. The van der Waals surface area contributed by atoms with Gasteiger partial charge in [-0.05, 0) is 29.8 Å². The van der Waals surface area contributed by atoms with Gasteiger partial charge in [0.05, 0.1) is 17.4 Å². The Morgan fingerprint density at radius 3 is 2.83 bits per heavy atom. The minimum absolute atomic E-state index is 0.489. The Kier molecular flexibility index (Phi) is 2.89. The quantitative estimate of drug-likeness (QED) is 0.789. The Bertz CT molecular complexity index is 703. The van der Waals surface area contributed by atoms with Crippen LogP contribution in [-0.2, 0) is 6.54 Å². The van der Waals surface area contributed by atoms with Gasteiger partial charge in [-0.1, -0.05) is 34.1 Å². The number of aromatic nitrogens is 2. The third-order valence-electron chi connectivity index (χ3n) is 2.97. The summed E-state index contributed by atoms with van der Waals surface area (Å²) < 4.78 is 2.97. The van der Waals surface area contributed by atoms with E-state index >= 15 is 0 Å². The minimum atomic E-state index is 0.489. The zero-order chi connectivity index (χ0) is 12.5. The second kappa shape index (κ2) is 4.55. The molecule has 3 aromatic rings. The molecule has 0 aliphatic heterocycles. The first kappa shape index (κ1) is 11.4. The maximum absolute atomic E-state index is 5.81. The third-order valence-corrected chi connectivity index (χ3v) is 3.46. The molecule has 1 heterocycles. The van der Waals surface area contributed by atoms with Gasteiger partial charge in [0.1, 0.15) is 0 Å². The van der Waals surface area contributed by atoms with Gasteiger partial charge in [0.2, 0.25) is 0 Å². The van der Waals surface area contributed by atoms with Crippen molar-refractivity contribution < 1.29 is 0 Å². The summed E-state index contributed by atoms with van der Waals surface area (Å²) >= 11 is 3.46. The van der Waals surface area contributed by atoms with E-state index in [0.29, 0.717) is 6.54 Å². The summed E-state index contributed by atoms with van der Waals surface area (Å²) in [5.74, 6) is 0. The number of nitrogens with two attached hydrogens (primary N) is 1. The Morgan fingerprint density at radius 2 is 2.00 bits per heavy atom. The van der Waals surface area contributed by atoms with E-state index in [2.05, 4.69) is 33.2 Å². The van der Waals surface area contributed by atoms with Crippen LogP contribution < -0.4 is 5.73 Å². The highest BCUT2D eigenvalue weighted by atomic mass is 79.9. The lowest BCUT2D eigenvalue weighted by Crippen LogP contribution is -2.05. The fourth-order valence-electron chi connectivity index (χ4n) is 2.09. The summed E-state index contributed by atoms with van der Waals surface area (Å²) in [5.41, 5.74) is 9.00. The van der Waals surface area contributed by atoms with E-state index < -0.39 is 0 Å². The number of rotatable bonds is 2. The number of benzene rings is 2. The molecule has 0 spiro atoms. The maximum atomic E-state index is 5.81. The van der Waals surface area contributed by atoms with Gasteiger partial charge in [0.15, 0.2) is 0 Å². The van der Waals surface area contributed by atoms with Crippen LogP contribution in [-0.4, -0.2) is 9.78 Å². The van der Waals surface area contributed by atoms with E-state index in [-0.39, 0.29) is 0 Å². The van der Waals surface area contributed by atoms with E-state index in [9.17, 15) is 0 Å². The molecule has 0 bridgehead atoms. The predicted molar refractivity (Wildman–Crippen MR) is 76.7 cm³/mol.